The maximum absolute atomic E-state index is 5.98. The molecule has 1 aromatic carbocycles. The number of halogens is 1. The van der Waals surface area contributed by atoms with Crippen molar-refractivity contribution in [3.63, 3.8) is 0 Å². The van der Waals surface area contributed by atoms with E-state index in [9.17, 15) is 0 Å². The fraction of sp³-hybridized carbons (Fsp3) is 0.667. The lowest BCUT2D eigenvalue weighted by atomic mass is 9.94. The third-order valence-electron chi connectivity index (χ3n) is 3.85. The van der Waals surface area contributed by atoms with Crippen LogP contribution in [-0.2, 0) is 0 Å². The Kier molecular flexibility index (Phi) is 8.25. The second-order valence-corrected chi connectivity index (χ2v) is 6.63. The number of benzene rings is 1. The molecule has 1 N–H and O–H groups in total. The van der Waals surface area contributed by atoms with E-state index in [1.165, 1.54) is 37.7 Å². The van der Waals surface area contributed by atoms with E-state index in [0.717, 1.165) is 5.02 Å². The number of nitrogens with one attached hydrogen (secondary N) is 1. The molecule has 2 heteroatoms. The van der Waals surface area contributed by atoms with Gasteiger partial charge in [-0.3, -0.25) is 0 Å². The zero-order chi connectivity index (χ0) is 15.0. The van der Waals surface area contributed by atoms with Gasteiger partial charge in [-0.25, -0.2) is 0 Å². The molecule has 114 valence electrons. The van der Waals surface area contributed by atoms with Crippen LogP contribution in [0.25, 0.3) is 0 Å². The standard InChI is InChI=1S/C18H30ClN/c1-5-6-7-8-9-15(4)20-18(14(2)3)16-10-12-17(19)13-11-16/h10-15,18,20H,5-9H2,1-4H3. The second-order valence-electron chi connectivity index (χ2n) is 6.19. The first-order valence-electron chi connectivity index (χ1n) is 8.06. The molecule has 0 bridgehead atoms. The van der Waals surface area contributed by atoms with E-state index in [4.69, 9.17) is 11.6 Å². The van der Waals surface area contributed by atoms with Crippen molar-refractivity contribution in [2.24, 2.45) is 5.92 Å². The summed E-state index contributed by atoms with van der Waals surface area (Å²) in [7, 11) is 0. The number of rotatable bonds is 9. The van der Waals surface area contributed by atoms with Crippen molar-refractivity contribution in [2.45, 2.75) is 71.9 Å². The molecule has 1 aromatic rings. The van der Waals surface area contributed by atoms with Gasteiger partial charge in [0, 0.05) is 17.1 Å². The van der Waals surface area contributed by atoms with Gasteiger partial charge in [-0.2, -0.15) is 0 Å². The van der Waals surface area contributed by atoms with Crippen molar-refractivity contribution in [2.75, 3.05) is 0 Å². The minimum Gasteiger partial charge on any atom is -0.307 e. The lowest BCUT2D eigenvalue weighted by Gasteiger charge is -2.27. The highest BCUT2D eigenvalue weighted by atomic mass is 35.5. The molecule has 0 aromatic heterocycles. The summed E-state index contributed by atoms with van der Waals surface area (Å²) < 4.78 is 0. The van der Waals surface area contributed by atoms with E-state index in [0.29, 0.717) is 18.0 Å². The van der Waals surface area contributed by atoms with Crippen molar-refractivity contribution in [1.29, 1.82) is 0 Å². The zero-order valence-corrected chi connectivity index (χ0v) is 14.2. The summed E-state index contributed by atoms with van der Waals surface area (Å²) >= 11 is 5.98. The van der Waals surface area contributed by atoms with Crippen molar-refractivity contribution >= 4 is 11.6 Å². The summed E-state index contributed by atoms with van der Waals surface area (Å²) in [4.78, 5) is 0. The summed E-state index contributed by atoms with van der Waals surface area (Å²) in [6.07, 6.45) is 6.61. The Morgan fingerprint density at radius 3 is 2.20 bits per heavy atom. The van der Waals surface area contributed by atoms with Crippen LogP contribution >= 0.6 is 11.6 Å². The predicted molar refractivity (Wildman–Crippen MR) is 90.4 cm³/mol. The Balaban J connectivity index is 2.52. The van der Waals surface area contributed by atoms with Gasteiger partial charge in [0.15, 0.2) is 0 Å². The molecule has 0 aliphatic carbocycles. The lowest BCUT2D eigenvalue weighted by molar-refractivity contribution is 0.353. The Morgan fingerprint density at radius 1 is 1.00 bits per heavy atom. The summed E-state index contributed by atoms with van der Waals surface area (Å²) in [6, 6.07) is 9.23. The SMILES string of the molecule is CCCCCCC(C)NC(c1ccc(Cl)cc1)C(C)C. The van der Waals surface area contributed by atoms with Gasteiger partial charge in [0.2, 0.25) is 0 Å². The largest absolute Gasteiger partial charge is 0.307 e. The van der Waals surface area contributed by atoms with Crippen LogP contribution in [0, 0.1) is 5.92 Å². The molecule has 2 unspecified atom stereocenters. The number of hydrogen-bond donors (Lipinski definition) is 1. The average Bonchev–Trinajstić information content (AvgIpc) is 2.42. The van der Waals surface area contributed by atoms with E-state index in [1.807, 2.05) is 12.1 Å². The van der Waals surface area contributed by atoms with Crippen LogP contribution < -0.4 is 5.32 Å². The third-order valence-corrected chi connectivity index (χ3v) is 4.10. The maximum atomic E-state index is 5.98. The number of unbranched alkanes of at least 4 members (excludes halogenated alkanes) is 3. The Bertz CT molecular complexity index is 358. The van der Waals surface area contributed by atoms with Crippen molar-refractivity contribution in [1.82, 2.24) is 5.32 Å². The molecule has 0 amide bonds. The topological polar surface area (TPSA) is 12.0 Å². The van der Waals surface area contributed by atoms with Crippen LogP contribution in [0.4, 0.5) is 0 Å². The van der Waals surface area contributed by atoms with Crippen LogP contribution in [0.2, 0.25) is 5.02 Å². The van der Waals surface area contributed by atoms with Gasteiger partial charge in [-0.1, -0.05) is 70.2 Å². The highest BCUT2D eigenvalue weighted by Gasteiger charge is 2.17. The van der Waals surface area contributed by atoms with Crippen molar-refractivity contribution in [3.05, 3.63) is 34.9 Å². The minimum absolute atomic E-state index is 0.411. The lowest BCUT2D eigenvalue weighted by Crippen LogP contribution is -2.33. The third kappa shape index (κ3) is 6.28. The number of hydrogen-bond acceptors (Lipinski definition) is 1. The van der Waals surface area contributed by atoms with Crippen LogP contribution in [0.5, 0.6) is 0 Å². The highest BCUT2D eigenvalue weighted by Crippen LogP contribution is 2.24. The molecule has 0 aliphatic heterocycles. The quantitative estimate of drug-likeness (QED) is 0.552. The molecule has 0 saturated heterocycles. The molecule has 0 aliphatic rings. The molecule has 0 fully saturated rings. The van der Waals surface area contributed by atoms with E-state index in [-0.39, 0.29) is 0 Å². The first-order chi connectivity index (χ1) is 9.54. The fourth-order valence-corrected chi connectivity index (χ4v) is 2.74. The highest BCUT2D eigenvalue weighted by molar-refractivity contribution is 6.30. The molecule has 0 saturated carbocycles. The van der Waals surface area contributed by atoms with Crippen LogP contribution in [0.3, 0.4) is 0 Å². The van der Waals surface area contributed by atoms with Gasteiger partial charge in [-0.15, -0.1) is 0 Å². The van der Waals surface area contributed by atoms with Gasteiger partial charge in [0.25, 0.3) is 0 Å². The monoisotopic (exact) mass is 295 g/mol. The Morgan fingerprint density at radius 2 is 1.65 bits per heavy atom. The van der Waals surface area contributed by atoms with E-state index >= 15 is 0 Å². The molecule has 20 heavy (non-hydrogen) atoms. The minimum atomic E-state index is 0.411. The summed E-state index contributed by atoms with van der Waals surface area (Å²) in [5, 5.41) is 4.60. The molecular formula is C18H30ClN. The zero-order valence-electron chi connectivity index (χ0n) is 13.5. The Labute approximate surface area is 130 Å². The van der Waals surface area contributed by atoms with Crippen LogP contribution in [0.15, 0.2) is 24.3 Å². The molecule has 0 heterocycles. The molecular weight excluding hydrogens is 266 g/mol. The van der Waals surface area contributed by atoms with E-state index in [1.54, 1.807) is 0 Å². The van der Waals surface area contributed by atoms with Crippen molar-refractivity contribution < 1.29 is 0 Å². The summed E-state index contributed by atoms with van der Waals surface area (Å²) in [5.74, 6) is 0.578. The smallest absolute Gasteiger partial charge is 0.0406 e. The predicted octanol–water partition coefficient (Wildman–Crippen LogP) is 5.99. The van der Waals surface area contributed by atoms with Crippen LogP contribution in [0.1, 0.15) is 71.4 Å². The van der Waals surface area contributed by atoms with E-state index < -0.39 is 0 Å². The summed E-state index contributed by atoms with van der Waals surface area (Å²) in [5.41, 5.74) is 1.34. The van der Waals surface area contributed by atoms with Crippen LogP contribution in [-0.4, -0.2) is 6.04 Å². The average molecular weight is 296 g/mol. The Hall–Kier alpha value is -0.530. The van der Waals surface area contributed by atoms with Gasteiger partial charge >= 0.3 is 0 Å². The van der Waals surface area contributed by atoms with Gasteiger partial charge in [0.1, 0.15) is 0 Å². The van der Waals surface area contributed by atoms with Gasteiger partial charge < -0.3 is 5.32 Å². The molecule has 1 rings (SSSR count). The normalized spacial score (nSPS) is 14.5. The van der Waals surface area contributed by atoms with E-state index in [2.05, 4.69) is 45.1 Å². The fourth-order valence-electron chi connectivity index (χ4n) is 2.61. The van der Waals surface area contributed by atoms with Crippen molar-refractivity contribution in [3.8, 4) is 0 Å². The molecule has 0 spiro atoms. The second kappa shape index (κ2) is 9.41. The van der Waals surface area contributed by atoms with Gasteiger partial charge in [-0.05, 0) is 37.0 Å². The molecule has 0 radical (unpaired) electrons. The first kappa shape index (κ1) is 17.5. The summed E-state index contributed by atoms with van der Waals surface area (Å²) in [6.45, 7) is 9.11. The van der Waals surface area contributed by atoms with Gasteiger partial charge in [0.05, 0.1) is 0 Å². The molecule has 2 atom stereocenters. The maximum Gasteiger partial charge on any atom is 0.0406 e. The molecule has 1 nitrogen and oxygen atoms in total. The first-order valence-corrected chi connectivity index (χ1v) is 8.44.